The minimum absolute atomic E-state index is 0.141. The molecule has 0 aromatic heterocycles. The lowest BCUT2D eigenvalue weighted by molar-refractivity contribution is 0.143. The van der Waals surface area contributed by atoms with Crippen LogP contribution in [0, 0.1) is 0 Å². The van der Waals surface area contributed by atoms with Crippen molar-refractivity contribution in [3.8, 4) is 0 Å². The van der Waals surface area contributed by atoms with E-state index in [-0.39, 0.29) is 5.54 Å². The van der Waals surface area contributed by atoms with Crippen molar-refractivity contribution in [2.24, 2.45) is 4.99 Å². The van der Waals surface area contributed by atoms with Crippen LogP contribution in [0.2, 0.25) is 0 Å². The van der Waals surface area contributed by atoms with Gasteiger partial charge in [0.25, 0.3) is 0 Å². The molecule has 3 N–H and O–H groups in total. The topological polar surface area (TPSA) is 57.7 Å². The lowest BCUT2D eigenvalue weighted by Gasteiger charge is -2.35. The van der Waals surface area contributed by atoms with Crippen LogP contribution in [0.3, 0.4) is 0 Å². The molecule has 5 nitrogen and oxygen atoms in total. The van der Waals surface area contributed by atoms with Crippen molar-refractivity contribution in [1.82, 2.24) is 16.0 Å². The van der Waals surface area contributed by atoms with Gasteiger partial charge in [-0.1, -0.05) is 43.2 Å². The molecule has 1 atom stereocenters. The van der Waals surface area contributed by atoms with Crippen LogP contribution in [0.4, 0.5) is 0 Å². The Morgan fingerprint density at radius 2 is 1.89 bits per heavy atom. The summed E-state index contributed by atoms with van der Waals surface area (Å²) in [5.74, 6) is 0.895. The molecule has 0 spiro atoms. The van der Waals surface area contributed by atoms with Crippen molar-refractivity contribution in [2.45, 2.75) is 64.0 Å². The number of hydrogen-bond acceptors (Lipinski definition) is 3. The maximum Gasteiger partial charge on any atom is 0.191 e. The molecule has 0 heterocycles. The second-order valence-electron chi connectivity index (χ2n) is 7.52. The van der Waals surface area contributed by atoms with Crippen molar-refractivity contribution in [1.29, 1.82) is 0 Å². The van der Waals surface area contributed by atoms with E-state index >= 15 is 0 Å². The zero-order chi connectivity index (χ0) is 19.4. The summed E-state index contributed by atoms with van der Waals surface area (Å²) < 4.78 is 5.39. The van der Waals surface area contributed by atoms with Crippen molar-refractivity contribution in [2.75, 3.05) is 33.4 Å². The summed E-state index contributed by atoms with van der Waals surface area (Å²) in [6.45, 7) is 7.77. The van der Waals surface area contributed by atoms with Gasteiger partial charge in [-0.2, -0.15) is 0 Å². The number of rotatable bonds is 11. The zero-order valence-corrected chi connectivity index (χ0v) is 17.4. The first kappa shape index (κ1) is 21.7. The van der Waals surface area contributed by atoms with E-state index in [0.29, 0.717) is 6.04 Å². The Hall–Kier alpha value is -1.59. The summed E-state index contributed by atoms with van der Waals surface area (Å²) >= 11 is 0. The van der Waals surface area contributed by atoms with Gasteiger partial charge >= 0.3 is 0 Å². The van der Waals surface area contributed by atoms with Gasteiger partial charge in [0.15, 0.2) is 5.96 Å². The summed E-state index contributed by atoms with van der Waals surface area (Å²) in [6.07, 6.45) is 7.18. The first-order valence-corrected chi connectivity index (χ1v) is 10.5. The van der Waals surface area contributed by atoms with Crippen LogP contribution in [-0.4, -0.2) is 44.8 Å². The van der Waals surface area contributed by atoms with Crippen molar-refractivity contribution in [3.05, 3.63) is 35.9 Å². The number of nitrogens with zero attached hydrogens (tertiary/aromatic N) is 1. The molecule has 1 aromatic rings. The van der Waals surface area contributed by atoms with Crippen LogP contribution in [0.25, 0.3) is 0 Å². The van der Waals surface area contributed by atoms with Crippen LogP contribution in [-0.2, 0) is 4.74 Å². The fourth-order valence-corrected chi connectivity index (χ4v) is 3.86. The van der Waals surface area contributed by atoms with Crippen LogP contribution >= 0.6 is 0 Å². The Bertz CT molecular complexity index is 541. The monoisotopic (exact) mass is 374 g/mol. The highest BCUT2D eigenvalue weighted by Crippen LogP contribution is 2.31. The lowest BCUT2D eigenvalue weighted by atomic mass is 9.94. The molecular formula is C22H38N4O. The fraction of sp³-hybridized carbons (Fsp3) is 0.682. The van der Waals surface area contributed by atoms with E-state index in [1.807, 2.05) is 14.0 Å². The molecule has 0 aliphatic heterocycles. The molecule has 1 aliphatic rings. The van der Waals surface area contributed by atoms with E-state index in [2.05, 4.69) is 58.2 Å². The third-order valence-electron chi connectivity index (χ3n) is 5.41. The number of nitrogens with one attached hydrogen (secondary N) is 3. The summed E-state index contributed by atoms with van der Waals surface area (Å²) in [4.78, 5) is 4.39. The molecule has 152 valence electrons. The summed E-state index contributed by atoms with van der Waals surface area (Å²) in [5, 5.41) is 10.9. The van der Waals surface area contributed by atoms with Gasteiger partial charge in [-0.3, -0.25) is 4.99 Å². The van der Waals surface area contributed by atoms with Gasteiger partial charge in [0.05, 0.1) is 0 Å². The normalized spacial score (nSPS) is 17.7. The molecule has 2 rings (SSSR count). The van der Waals surface area contributed by atoms with Crippen molar-refractivity contribution < 1.29 is 4.74 Å². The summed E-state index contributed by atoms with van der Waals surface area (Å²) in [7, 11) is 1.84. The highest BCUT2D eigenvalue weighted by molar-refractivity contribution is 5.79. The number of guanidine groups is 1. The van der Waals surface area contributed by atoms with Gasteiger partial charge < -0.3 is 20.7 Å². The lowest BCUT2D eigenvalue weighted by Crippen LogP contribution is -2.54. The molecule has 1 aliphatic carbocycles. The number of unbranched alkanes of at least 4 members (excludes halogenated alkanes) is 1. The zero-order valence-electron chi connectivity index (χ0n) is 17.4. The van der Waals surface area contributed by atoms with Crippen molar-refractivity contribution >= 4 is 5.96 Å². The highest BCUT2D eigenvalue weighted by Gasteiger charge is 2.35. The molecule has 1 aromatic carbocycles. The summed E-state index contributed by atoms with van der Waals surface area (Å²) in [5.41, 5.74) is 1.49. The minimum atomic E-state index is 0.141. The van der Waals surface area contributed by atoms with Gasteiger partial charge in [-0.15, -0.1) is 0 Å². The molecular weight excluding hydrogens is 336 g/mol. The second-order valence-corrected chi connectivity index (χ2v) is 7.52. The van der Waals surface area contributed by atoms with Crippen LogP contribution in [0.1, 0.15) is 64.0 Å². The SMILES string of the molecule is CCOCCCCNC(=NC)NCC1(NC(C)c2ccccc2)CCCC1. The van der Waals surface area contributed by atoms with Gasteiger partial charge in [-0.25, -0.2) is 0 Å². The fourth-order valence-electron chi connectivity index (χ4n) is 3.86. The van der Waals surface area contributed by atoms with Crippen LogP contribution in [0.5, 0.6) is 0 Å². The van der Waals surface area contributed by atoms with Crippen LogP contribution < -0.4 is 16.0 Å². The number of benzene rings is 1. The van der Waals surface area contributed by atoms with E-state index < -0.39 is 0 Å². The van der Waals surface area contributed by atoms with E-state index in [9.17, 15) is 0 Å². The standard InChI is InChI=1S/C22H38N4O/c1-4-27-17-11-10-16-24-21(23-3)25-18-22(14-8-9-15-22)26-19(2)20-12-6-5-7-13-20/h5-7,12-13,19,26H,4,8-11,14-18H2,1-3H3,(H2,23,24,25). The number of aliphatic imine (C=N–C) groups is 1. The van der Waals surface area contributed by atoms with Gasteiger partial charge in [0.1, 0.15) is 0 Å². The molecule has 0 saturated heterocycles. The number of hydrogen-bond donors (Lipinski definition) is 3. The highest BCUT2D eigenvalue weighted by atomic mass is 16.5. The second kappa shape index (κ2) is 12.0. The Balaban J connectivity index is 1.80. The predicted molar refractivity (Wildman–Crippen MR) is 114 cm³/mol. The molecule has 0 radical (unpaired) electrons. The molecule has 1 unspecified atom stereocenters. The quantitative estimate of drug-likeness (QED) is 0.314. The molecule has 0 bridgehead atoms. The minimum Gasteiger partial charge on any atom is -0.382 e. The largest absolute Gasteiger partial charge is 0.382 e. The van der Waals surface area contributed by atoms with Gasteiger partial charge in [0.2, 0.25) is 0 Å². The van der Waals surface area contributed by atoms with Crippen molar-refractivity contribution in [3.63, 3.8) is 0 Å². The smallest absolute Gasteiger partial charge is 0.191 e. The molecule has 27 heavy (non-hydrogen) atoms. The Kier molecular flexibility index (Phi) is 9.64. The molecule has 5 heteroatoms. The van der Waals surface area contributed by atoms with E-state index in [4.69, 9.17) is 4.74 Å². The van der Waals surface area contributed by atoms with Gasteiger partial charge in [-0.05, 0) is 45.1 Å². The molecule has 1 saturated carbocycles. The predicted octanol–water partition coefficient (Wildman–Crippen LogP) is 3.63. The number of ether oxygens (including phenoxy) is 1. The third kappa shape index (κ3) is 7.51. The van der Waals surface area contributed by atoms with E-state index in [1.54, 1.807) is 0 Å². The van der Waals surface area contributed by atoms with Gasteiger partial charge in [0, 0.05) is 44.9 Å². The Morgan fingerprint density at radius 3 is 2.56 bits per heavy atom. The average molecular weight is 375 g/mol. The van der Waals surface area contributed by atoms with Crippen LogP contribution in [0.15, 0.2) is 35.3 Å². The first-order chi connectivity index (χ1) is 13.2. The molecule has 1 fully saturated rings. The Labute approximate surface area is 165 Å². The van der Waals surface area contributed by atoms with E-state index in [1.165, 1.54) is 31.2 Å². The Morgan fingerprint density at radius 1 is 1.15 bits per heavy atom. The first-order valence-electron chi connectivity index (χ1n) is 10.5. The average Bonchev–Trinajstić information content (AvgIpc) is 3.16. The summed E-state index contributed by atoms with van der Waals surface area (Å²) in [6, 6.07) is 11.1. The molecule has 0 amide bonds. The maximum atomic E-state index is 5.39. The maximum absolute atomic E-state index is 5.39. The van der Waals surface area contributed by atoms with E-state index in [0.717, 1.165) is 45.1 Å². The third-order valence-corrected chi connectivity index (χ3v) is 5.41.